The van der Waals surface area contributed by atoms with Crippen molar-refractivity contribution in [3.8, 4) is 0 Å². The molecule has 0 radical (unpaired) electrons. The van der Waals surface area contributed by atoms with Crippen LogP contribution in [0, 0.1) is 6.92 Å². The molecule has 1 rings (SSSR count). The van der Waals surface area contributed by atoms with Crippen molar-refractivity contribution in [2.75, 3.05) is 12.8 Å². The first-order chi connectivity index (χ1) is 8.77. The van der Waals surface area contributed by atoms with E-state index in [0.29, 0.717) is 17.4 Å². The summed E-state index contributed by atoms with van der Waals surface area (Å²) in [6, 6.07) is 1.40. The molecule has 5 nitrogen and oxygen atoms in total. The Morgan fingerprint density at radius 1 is 1.58 bits per heavy atom. The van der Waals surface area contributed by atoms with Gasteiger partial charge in [0.25, 0.3) is 0 Å². The molecule has 2 N–H and O–H groups in total. The van der Waals surface area contributed by atoms with Crippen molar-refractivity contribution < 1.29 is 18.3 Å². The number of nitrogens with one attached hydrogen (secondary N) is 1. The zero-order valence-corrected chi connectivity index (χ0v) is 13.4. The summed E-state index contributed by atoms with van der Waals surface area (Å²) in [5, 5.41) is 9.30. The summed E-state index contributed by atoms with van der Waals surface area (Å²) in [6.45, 7) is 3.97. The molecule has 0 aliphatic rings. The Bertz CT molecular complexity index is 550. The minimum atomic E-state index is -3.60. The number of thioether (sulfide) groups is 1. The summed E-state index contributed by atoms with van der Waals surface area (Å²) in [5.74, 6) is -1.10. The Morgan fingerprint density at radius 2 is 2.21 bits per heavy atom. The van der Waals surface area contributed by atoms with Gasteiger partial charge in [0.1, 0.15) is 9.09 Å². The van der Waals surface area contributed by atoms with Crippen LogP contribution in [0.2, 0.25) is 0 Å². The topological polar surface area (TPSA) is 83.5 Å². The monoisotopic (exact) mass is 323 g/mol. The Labute approximate surface area is 121 Å². The number of rotatable bonds is 7. The average Bonchev–Trinajstić information content (AvgIpc) is 2.71. The van der Waals surface area contributed by atoms with E-state index in [1.807, 2.05) is 13.2 Å². The molecule has 0 bridgehead atoms. The molecule has 0 amide bonds. The van der Waals surface area contributed by atoms with Gasteiger partial charge in [-0.15, -0.1) is 11.3 Å². The fraction of sp³-hybridized carbons (Fsp3) is 0.545. The lowest BCUT2D eigenvalue weighted by Gasteiger charge is -2.08. The second-order valence-corrected chi connectivity index (χ2v) is 8.44. The quantitative estimate of drug-likeness (QED) is 0.803. The molecule has 19 heavy (non-hydrogen) atoms. The Kier molecular flexibility index (Phi) is 5.84. The molecular formula is C11H17NO4S3. The molecule has 0 fully saturated rings. The number of aryl methyl sites for hydroxylation is 1. The van der Waals surface area contributed by atoms with Crippen LogP contribution in [0.5, 0.6) is 0 Å². The van der Waals surface area contributed by atoms with Gasteiger partial charge in [-0.25, -0.2) is 17.9 Å². The zero-order valence-electron chi connectivity index (χ0n) is 11.0. The number of aromatic carboxylic acids is 1. The van der Waals surface area contributed by atoms with Gasteiger partial charge in [0.15, 0.2) is 0 Å². The van der Waals surface area contributed by atoms with E-state index in [0.717, 1.165) is 17.8 Å². The van der Waals surface area contributed by atoms with E-state index in [4.69, 9.17) is 5.11 Å². The minimum absolute atomic E-state index is 0.0548. The number of carbonyl (C=O) groups is 1. The third-order valence-corrected chi connectivity index (χ3v) is 6.80. The number of carboxylic acid groups (broad SMARTS) is 1. The fourth-order valence-corrected chi connectivity index (χ4v) is 4.21. The van der Waals surface area contributed by atoms with Crippen molar-refractivity contribution in [1.82, 2.24) is 4.72 Å². The van der Waals surface area contributed by atoms with Crippen molar-refractivity contribution in [2.24, 2.45) is 0 Å². The van der Waals surface area contributed by atoms with Crippen LogP contribution in [0.15, 0.2) is 10.3 Å². The summed E-state index contributed by atoms with van der Waals surface area (Å²) in [4.78, 5) is 11.0. The lowest BCUT2D eigenvalue weighted by Crippen LogP contribution is -2.25. The molecule has 0 spiro atoms. The van der Waals surface area contributed by atoms with Crippen LogP contribution in [0.3, 0.4) is 0 Å². The first-order valence-corrected chi connectivity index (χ1v) is 9.23. The largest absolute Gasteiger partial charge is 0.477 e. The number of hydrogen-bond acceptors (Lipinski definition) is 5. The van der Waals surface area contributed by atoms with Crippen LogP contribution < -0.4 is 4.72 Å². The first kappa shape index (κ1) is 16.5. The SMILES string of the molecule is CSC(C)CCNS(=O)(=O)c1cc(C)c(C(=O)O)s1. The number of sulfonamides is 1. The van der Waals surface area contributed by atoms with Crippen LogP contribution in [-0.4, -0.2) is 37.5 Å². The second-order valence-electron chi connectivity index (χ2n) is 4.12. The van der Waals surface area contributed by atoms with E-state index in [9.17, 15) is 13.2 Å². The minimum Gasteiger partial charge on any atom is -0.477 e. The van der Waals surface area contributed by atoms with Gasteiger partial charge in [-0.3, -0.25) is 0 Å². The highest BCUT2D eigenvalue weighted by atomic mass is 32.2. The van der Waals surface area contributed by atoms with Gasteiger partial charge < -0.3 is 5.11 Å². The predicted octanol–water partition coefficient (Wildman–Crippen LogP) is 2.17. The van der Waals surface area contributed by atoms with Gasteiger partial charge in [-0.1, -0.05) is 6.92 Å². The summed E-state index contributed by atoms with van der Waals surface area (Å²) < 4.78 is 26.5. The molecule has 0 aliphatic heterocycles. The molecule has 1 aromatic heterocycles. The molecule has 1 unspecified atom stereocenters. The van der Waals surface area contributed by atoms with Gasteiger partial charge in [0.05, 0.1) is 0 Å². The molecule has 8 heteroatoms. The molecule has 1 heterocycles. The van der Waals surface area contributed by atoms with Gasteiger partial charge in [-0.05, 0) is 31.2 Å². The summed E-state index contributed by atoms with van der Waals surface area (Å²) in [7, 11) is -3.60. The Morgan fingerprint density at radius 3 is 2.68 bits per heavy atom. The Balaban J connectivity index is 2.78. The van der Waals surface area contributed by atoms with E-state index in [1.54, 1.807) is 18.7 Å². The zero-order chi connectivity index (χ0) is 14.6. The van der Waals surface area contributed by atoms with E-state index in [2.05, 4.69) is 4.72 Å². The van der Waals surface area contributed by atoms with E-state index in [1.165, 1.54) is 6.07 Å². The van der Waals surface area contributed by atoms with E-state index >= 15 is 0 Å². The van der Waals surface area contributed by atoms with Crippen molar-refractivity contribution >= 4 is 39.1 Å². The highest BCUT2D eigenvalue weighted by Crippen LogP contribution is 2.25. The number of hydrogen-bond donors (Lipinski definition) is 2. The Hall–Kier alpha value is -0.570. The van der Waals surface area contributed by atoms with Crippen LogP contribution in [0.25, 0.3) is 0 Å². The van der Waals surface area contributed by atoms with Gasteiger partial charge >= 0.3 is 5.97 Å². The van der Waals surface area contributed by atoms with E-state index in [-0.39, 0.29) is 9.09 Å². The standard InChI is InChI=1S/C11H17NO4S3/c1-7-6-9(18-10(7)11(13)14)19(15,16)12-5-4-8(2)17-3/h6,8,12H,4-5H2,1-3H3,(H,13,14). The predicted molar refractivity (Wildman–Crippen MR) is 78.8 cm³/mol. The maximum absolute atomic E-state index is 12.0. The maximum atomic E-state index is 12.0. The summed E-state index contributed by atoms with van der Waals surface area (Å²) in [6.07, 6.45) is 2.71. The molecule has 0 aromatic carbocycles. The van der Waals surface area contributed by atoms with E-state index < -0.39 is 16.0 Å². The molecule has 1 aromatic rings. The maximum Gasteiger partial charge on any atom is 0.346 e. The molecule has 0 aliphatic carbocycles. The second kappa shape index (κ2) is 6.74. The van der Waals surface area contributed by atoms with Crippen LogP contribution in [0.4, 0.5) is 0 Å². The molecular weight excluding hydrogens is 306 g/mol. The lowest BCUT2D eigenvalue weighted by atomic mass is 10.3. The molecule has 1 atom stereocenters. The van der Waals surface area contributed by atoms with Gasteiger partial charge in [-0.2, -0.15) is 11.8 Å². The van der Waals surface area contributed by atoms with Crippen molar-refractivity contribution in [2.45, 2.75) is 29.7 Å². The third-order valence-electron chi connectivity index (χ3n) is 2.60. The summed E-state index contributed by atoms with van der Waals surface area (Å²) >= 11 is 2.46. The van der Waals surface area contributed by atoms with Crippen LogP contribution >= 0.6 is 23.1 Å². The smallest absolute Gasteiger partial charge is 0.346 e. The average molecular weight is 323 g/mol. The highest BCUT2D eigenvalue weighted by molar-refractivity contribution is 7.99. The third kappa shape index (κ3) is 4.48. The lowest BCUT2D eigenvalue weighted by molar-refractivity contribution is 0.0701. The van der Waals surface area contributed by atoms with Crippen molar-refractivity contribution in [3.05, 3.63) is 16.5 Å². The molecule has 108 valence electrons. The number of thiophene rings is 1. The summed E-state index contributed by atoms with van der Waals surface area (Å²) in [5.41, 5.74) is 0.468. The molecule has 0 saturated heterocycles. The fourth-order valence-electron chi connectivity index (χ4n) is 1.38. The van der Waals surface area contributed by atoms with Crippen LogP contribution in [-0.2, 0) is 10.0 Å². The van der Waals surface area contributed by atoms with Crippen molar-refractivity contribution in [1.29, 1.82) is 0 Å². The van der Waals surface area contributed by atoms with Crippen LogP contribution in [0.1, 0.15) is 28.6 Å². The van der Waals surface area contributed by atoms with Gasteiger partial charge in [0.2, 0.25) is 10.0 Å². The number of carboxylic acids is 1. The highest BCUT2D eigenvalue weighted by Gasteiger charge is 2.21. The van der Waals surface area contributed by atoms with Gasteiger partial charge in [0, 0.05) is 11.8 Å². The first-order valence-electron chi connectivity index (χ1n) is 5.64. The van der Waals surface area contributed by atoms with Crippen molar-refractivity contribution in [3.63, 3.8) is 0 Å². The molecule has 0 saturated carbocycles. The normalized spacial score (nSPS) is 13.4.